The molecule has 0 aliphatic heterocycles. The monoisotopic (exact) mass is 280 g/mol. The average Bonchev–Trinajstić information content (AvgIpc) is 2.36. The fraction of sp³-hybridized carbons (Fsp3) is 0.500. The molecule has 110 valence electrons. The number of aryl methyl sites for hydroxylation is 1. The number of aliphatic hydroxyl groups excluding tert-OH is 1. The molecule has 0 heterocycles. The predicted octanol–water partition coefficient (Wildman–Crippen LogP) is 2.04. The van der Waals surface area contributed by atoms with Crippen molar-refractivity contribution in [2.75, 3.05) is 6.61 Å². The third-order valence-corrected chi connectivity index (χ3v) is 2.98. The van der Waals surface area contributed by atoms with Crippen molar-refractivity contribution < 1.29 is 14.8 Å². The van der Waals surface area contributed by atoms with Gasteiger partial charge in [-0.2, -0.15) is 0 Å². The molecule has 1 rings (SSSR count). The van der Waals surface area contributed by atoms with E-state index in [1.54, 1.807) is 19.1 Å². The van der Waals surface area contributed by atoms with Gasteiger partial charge in [0.1, 0.15) is 5.56 Å². The largest absolute Gasteiger partial charge is 0.394 e. The third-order valence-electron chi connectivity index (χ3n) is 2.98. The quantitative estimate of drug-likeness (QED) is 0.616. The van der Waals surface area contributed by atoms with Crippen LogP contribution in [0.5, 0.6) is 0 Å². The molecule has 0 aliphatic carbocycles. The van der Waals surface area contributed by atoms with Gasteiger partial charge in [-0.15, -0.1) is 0 Å². The highest BCUT2D eigenvalue weighted by molar-refractivity contribution is 5.98. The van der Waals surface area contributed by atoms with Gasteiger partial charge in [0.25, 0.3) is 11.6 Å². The Morgan fingerprint density at radius 3 is 2.60 bits per heavy atom. The van der Waals surface area contributed by atoms with Gasteiger partial charge in [0, 0.05) is 5.56 Å². The maximum atomic E-state index is 12.1. The van der Waals surface area contributed by atoms with Crippen molar-refractivity contribution in [1.29, 1.82) is 0 Å². The molecule has 6 heteroatoms. The van der Waals surface area contributed by atoms with E-state index in [0.29, 0.717) is 17.9 Å². The van der Waals surface area contributed by atoms with E-state index in [1.165, 1.54) is 6.07 Å². The highest BCUT2D eigenvalue weighted by atomic mass is 16.6. The zero-order valence-electron chi connectivity index (χ0n) is 11.9. The number of nitro benzene ring substituents is 1. The van der Waals surface area contributed by atoms with Gasteiger partial charge in [-0.25, -0.2) is 0 Å². The molecule has 1 amide bonds. The number of hydrogen-bond acceptors (Lipinski definition) is 4. The number of para-hydroxylation sites is 1. The van der Waals surface area contributed by atoms with E-state index in [2.05, 4.69) is 5.32 Å². The van der Waals surface area contributed by atoms with Crippen LogP contribution in [0.15, 0.2) is 18.2 Å². The minimum atomic E-state index is -0.555. The summed E-state index contributed by atoms with van der Waals surface area (Å²) in [6.07, 6.45) is 0.613. The van der Waals surface area contributed by atoms with Crippen LogP contribution in [0.3, 0.4) is 0 Å². The minimum Gasteiger partial charge on any atom is -0.394 e. The SMILES string of the molecule is Cc1cccc(C(=O)NC(CO)CC(C)C)c1[N+](=O)[O-]. The lowest BCUT2D eigenvalue weighted by atomic mass is 10.0. The van der Waals surface area contributed by atoms with Crippen molar-refractivity contribution in [2.45, 2.75) is 33.2 Å². The van der Waals surface area contributed by atoms with E-state index < -0.39 is 16.9 Å². The summed E-state index contributed by atoms with van der Waals surface area (Å²) in [5, 5.41) is 23.0. The Balaban J connectivity index is 2.98. The highest BCUT2D eigenvalue weighted by Crippen LogP contribution is 2.23. The van der Waals surface area contributed by atoms with Gasteiger partial charge in [0.15, 0.2) is 0 Å². The molecule has 0 fully saturated rings. The molecule has 0 saturated carbocycles. The summed E-state index contributed by atoms with van der Waals surface area (Å²) in [6, 6.07) is 4.22. The molecule has 0 spiro atoms. The minimum absolute atomic E-state index is 0.0252. The fourth-order valence-corrected chi connectivity index (χ4v) is 2.10. The van der Waals surface area contributed by atoms with E-state index in [4.69, 9.17) is 0 Å². The smallest absolute Gasteiger partial charge is 0.285 e. The molecule has 1 atom stereocenters. The summed E-state index contributed by atoms with van der Waals surface area (Å²) in [5.74, 6) is -0.222. The van der Waals surface area contributed by atoms with Gasteiger partial charge >= 0.3 is 0 Å². The van der Waals surface area contributed by atoms with Crippen LogP contribution in [-0.4, -0.2) is 28.6 Å². The van der Waals surface area contributed by atoms with Gasteiger partial charge in [-0.3, -0.25) is 14.9 Å². The Bertz CT molecular complexity index is 500. The van der Waals surface area contributed by atoms with Crippen LogP contribution in [0.25, 0.3) is 0 Å². The Morgan fingerprint density at radius 2 is 2.10 bits per heavy atom. The standard InChI is InChI=1S/C14H20N2O4/c1-9(2)7-11(8-17)15-14(18)12-6-4-5-10(3)13(12)16(19)20/h4-6,9,11,17H,7-8H2,1-3H3,(H,15,18). The van der Waals surface area contributed by atoms with E-state index >= 15 is 0 Å². The molecule has 0 aliphatic rings. The number of amides is 1. The number of hydrogen-bond donors (Lipinski definition) is 2. The first-order valence-electron chi connectivity index (χ1n) is 6.52. The number of benzene rings is 1. The number of carbonyl (C=O) groups excluding carboxylic acids is 1. The first kappa shape index (κ1) is 16.1. The second-order valence-electron chi connectivity index (χ2n) is 5.21. The van der Waals surface area contributed by atoms with Crippen molar-refractivity contribution in [3.63, 3.8) is 0 Å². The van der Waals surface area contributed by atoms with E-state index in [9.17, 15) is 20.0 Å². The number of rotatable bonds is 6. The molecule has 2 N–H and O–H groups in total. The van der Waals surface area contributed by atoms with E-state index in [0.717, 1.165) is 0 Å². The molecule has 1 aromatic rings. The Labute approximate surface area is 118 Å². The molecular weight excluding hydrogens is 260 g/mol. The molecule has 1 unspecified atom stereocenters. The van der Waals surface area contributed by atoms with Crippen LogP contribution in [0.4, 0.5) is 5.69 Å². The number of nitrogens with one attached hydrogen (secondary N) is 1. The first-order valence-corrected chi connectivity index (χ1v) is 6.52. The van der Waals surface area contributed by atoms with Gasteiger partial charge in [-0.05, 0) is 25.3 Å². The number of carbonyl (C=O) groups is 1. The highest BCUT2D eigenvalue weighted by Gasteiger charge is 2.24. The Kier molecular flexibility index (Phi) is 5.64. The van der Waals surface area contributed by atoms with Crippen molar-refractivity contribution in [3.05, 3.63) is 39.4 Å². The molecule has 1 aromatic carbocycles. The van der Waals surface area contributed by atoms with Crippen LogP contribution in [-0.2, 0) is 0 Å². The van der Waals surface area contributed by atoms with Crippen molar-refractivity contribution >= 4 is 11.6 Å². The van der Waals surface area contributed by atoms with Gasteiger partial charge in [-0.1, -0.05) is 26.0 Å². The van der Waals surface area contributed by atoms with Crippen molar-refractivity contribution in [1.82, 2.24) is 5.32 Å². The molecule has 20 heavy (non-hydrogen) atoms. The summed E-state index contributed by atoms with van der Waals surface area (Å²) in [5.41, 5.74) is 0.274. The van der Waals surface area contributed by atoms with Crippen LogP contribution >= 0.6 is 0 Å². The Hall–Kier alpha value is -1.95. The topological polar surface area (TPSA) is 92.5 Å². The summed E-state index contributed by atoms with van der Waals surface area (Å²) in [4.78, 5) is 22.6. The maximum absolute atomic E-state index is 12.1. The van der Waals surface area contributed by atoms with Crippen molar-refractivity contribution in [2.24, 2.45) is 5.92 Å². The molecule has 0 radical (unpaired) electrons. The van der Waals surface area contributed by atoms with Gasteiger partial charge < -0.3 is 10.4 Å². The lowest BCUT2D eigenvalue weighted by molar-refractivity contribution is -0.385. The normalized spacial score (nSPS) is 12.2. The summed E-state index contributed by atoms with van der Waals surface area (Å²) < 4.78 is 0. The Morgan fingerprint density at radius 1 is 1.45 bits per heavy atom. The number of nitrogens with zero attached hydrogens (tertiary/aromatic N) is 1. The number of nitro groups is 1. The number of aliphatic hydroxyl groups is 1. The second kappa shape index (κ2) is 7.00. The van der Waals surface area contributed by atoms with Crippen LogP contribution in [0.2, 0.25) is 0 Å². The third kappa shape index (κ3) is 4.03. The molecule has 0 saturated heterocycles. The first-order chi connectivity index (χ1) is 9.36. The zero-order chi connectivity index (χ0) is 15.3. The molecular formula is C14H20N2O4. The fourth-order valence-electron chi connectivity index (χ4n) is 2.10. The summed E-state index contributed by atoms with van der Waals surface area (Å²) in [7, 11) is 0. The summed E-state index contributed by atoms with van der Waals surface area (Å²) in [6.45, 7) is 5.35. The zero-order valence-corrected chi connectivity index (χ0v) is 11.9. The van der Waals surface area contributed by atoms with E-state index in [-0.39, 0.29) is 17.9 Å². The molecule has 0 bridgehead atoms. The molecule has 6 nitrogen and oxygen atoms in total. The average molecular weight is 280 g/mol. The van der Waals surface area contributed by atoms with Crippen LogP contribution in [0, 0.1) is 23.0 Å². The van der Waals surface area contributed by atoms with Crippen molar-refractivity contribution in [3.8, 4) is 0 Å². The second-order valence-corrected chi connectivity index (χ2v) is 5.21. The predicted molar refractivity (Wildman–Crippen MR) is 75.6 cm³/mol. The maximum Gasteiger partial charge on any atom is 0.285 e. The van der Waals surface area contributed by atoms with Gasteiger partial charge in [0.2, 0.25) is 0 Å². The van der Waals surface area contributed by atoms with Gasteiger partial charge in [0.05, 0.1) is 17.6 Å². The lowest BCUT2D eigenvalue weighted by Gasteiger charge is -2.18. The van der Waals surface area contributed by atoms with Crippen LogP contribution in [0.1, 0.15) is 36.2 Å². The van der Waals surface area contributed by atoms with Crippen LogP contribution < -0.4 is 5.32 Å². The molecule has 0 aromatic heterocycles. The van der Waals surface area contributed by atoms with E-state index in [1.807, 2.05) is 13.8 Å². The summed E-state index contributed by atoms with van der Waals surface area (Å²) >= 11 is 0. The lowest BCUT2D eigenvalue weighted by Crippen LogP contribution is -2.38.